The van der Waals surface area contributed by atoms with Crippen LogP contribution in [0.1, 0.15) is 5.56 Å². The SMILES string of the molecule is O/N=C(/c1cccnc1Oc1ccc(F)c(Cl)c1)N1CCN(c2ccc(F)cc2)CC1. The van der Waals surface area contributed by atoms with Gasteiger partial charge in [-0.25, -0.2) is 13.8 Å². The summed E-state index contributed by atoms with van der Waals surface area (Å²) in [6.07, 6.45) is 1.55. The first-order valence-corrected chi connectivity index (χ1v) is 9.99. The number of pyridine rings is 1. The van der Waals surface area contributed by atoms with E-state index >= 15 is 0 Å². The van der Waals surface area contributed by atoms with E-state index in [0.717, 1.165) is 5.69 Å². The summed E-state index contributed by atoms with van der Waals surface area (Å²) in [5.74, 6) is 0.00861. The van der Waals surface area contributed by atoms with Crippen LogP contribution in [0.2, 0.25) is 5.02 Å². The molecule has 1 fully saturated rings. The maximum atomic E-state index is 13.4. The lowest BCUT2D eigenvalue weighted by Crippen LogP contribution is -2.49. The molecule has 1 aliphatic heterocycles. The molecule has 31 heavy (non-hydrogen) atoms. The van der Waals surface area contributed by atoms with Gasteiger partial charge in [0.15, 0.2) is 5.84 Å². The Morgan fingerprint density at radius 2 is 1.77 bits per heavy atom. The Morgan fingerprint density at radius 3 is 2.45 bits per heavy atom. The van der Waals surface area contributed by atoms with Crippen LogP contribution in [-0.2, 0) is 0 Å². The summed E-state index contributed by atoms with van der Waals surface area (Å²) >= 11 is 5.83. The second-order valence-electron chi connectivity index (χ2n) is 6.91. The molecule has 0 bridgehead atoms. The van der Waals surface area contributed by atoms with Crippen molar-refractivity contribution in [2.24, 2.45) is 5.16 Å². The van der Waals surface area contributed by atoms with E-state index in [2.05, 4.69) is 15.0 Å². The Balaban J connectivity index is 1.51. The molecule has 2 heterocycles. The molecule has 1 aliphatic rings. The van der Waals surface area contributed by atoms with Crippen molar-refractivity contribution in [1.29, 1.82) is 0 Å². The van der Waals surface area contributed by atoms with Crippen LogP contribution in [0.4, 0.5) is 14.5 Å². The molecule has 160 valence electrons. The van der Waals surface area contributed by atoms with E-state index in [-0.39, 0.29) is 16.7 Å². The Morgan fingerprint density at radius 1 is 1.03 bits per heavy atom. The summed E-state index contributed by atoms with van der Waals surface area (Å²) in [7, 11) is 0. The quantitative estimate of drug-likeness (QED) is 0.272. The summed E-state index contributed by atoms with van der Waals surface area (Å²) in [4.78, 5) is 8.29. The van der Waals surface area contributed by atoms with Crippen LogP contribution in [0.15, 0.2) is 65.9 Å². The normalized spacial score (nSPS) is 14.6. The van der Waals surface area contributed by atoms with Crippen LogP contribution in [0.5, 0.6) is 11.6 Å². The third-order valence-corrected chi connectivity index (χ3v) is 5.27. The topological polar surface area (TPSA) is 61.2 Å². The zero-order chi connectivity index (χ0) is 21.8. The van der Waals surface area contributed by atoms with Gasteiger partial charge in [0.05, 0.1) is 10.6 Å². The summed E-state index contributed by atoms with van der Waals surface area (Å²) in [6.45, 7) is 2.48. The Bertz CT molecular complexity index is 1090. The lowest BCUT2D eigenvalue weighted by Gasteiger charge is -2.37. The molecular formula is C22H19ClF2N4O2. The molecule has 1 saturated heterocycles. The van der Waals surface area contributed by atoms with Gasteiger partial charge in [-0.3, -0.25) is 0 Å². The van der Waals surface area contributed by atoms with Crippen molar-refractivity contribution >= 4 is 23.1 Å². The molecule has 9 heteroatoms. The van der Waals surface area contributed by atoms with Crippen molar-refractivity contribution in [1.82, 2.24) is 9.88 Å². The summed E-state index contributed by atoms with van der Waals surface area (Å²) in [5, 5.41) is 13.2. The van der Waals surface area contributed by atoms with Crippen molar-refractivity contribution in [2.45, 2.75) is 0 Å². The predicted octanol–water partition coefficient (Wildman–Crippen LogP) is 4.76. The molecule has 0 saturated carbocycles. The van der Waals surface area contributed by atoms with E-state index in [1.54, 1.807) is 30.5 Å². The largest absolute Gasteiger partial charge is 0.438 e. The van der Waals surface area contributed by atoms with Gasteiger partial charge >= 0.3 is 0 Å². The third-order valence-electron chi connectivity index (χ3n) is 4.98. The highest BCUT2D eigenvalue weighted by Crippen LogP contribution is 2.28. The van der Waals surface area contributed by atoms with Crippen molar-refractivity contribution in [3.8, 4) is 11.6 Å². The fourth-order valence-corrected chi connectivity index (χ4v) is 3.58. The van der Waals surface area contributed by atoms with Crippen LogP contribution >= 0.6 is 11.6 Å². The molecule has 4 rings (SSSR count). The molecule has 2 aromatic carbocycles. The van der Waals surface area contributed by atoms with E-state index in [1.807, 2.05) is 4.90 Å². The van der Waals surface area contributed by atoms with Gasteiger partial charge in [-0.05, 0) is 48.5 Å². The van der Waals surface area contributed by atoms with E-state index in [4.69, 9.17) is 16.3 Å². The maximum absolute atomic E-state index is 13.4. The van der Waals surface area contributed by atoms with Crippen LogP contribution in [-0.4, -0.2) is 47.1 Å². The first kappa shape index (κ1) is 20.9. The number of nitrogens with zero attached hydrogens (tertiary/aromatic N) is 4. The first-order valence-electron chi connectivity index (χ1n) is 9.61. The second kappa shape index (κ2) is 9.18. The maximum Gasteiger partial charge on any atom is 0.230 e. The minimum absolute atomic E-state index is 0.0667. The number of ether oxygens (including phenoxy) is 1. The van der Waals surface area contributed by atoms with Gasteiger partial charge in [-0.2, -0.15) is 0 Å². The Labute approximate surface area is 182 Å². The molecule has 6 nitrogen and oxygen atoms in total. The third kappa shape index (κ3) is 4.69. The second-order valence-corrected chi connectivity index (χ2v) is 7.32. The summed E-state index contributed by atoms with van der Waals surface area (Å²) in [5.41, 5.74) is 1.42. The number of benzene rings is 2. The van der Waals surface area contributed by atoms with Crippen LogP contribution < -0.4 is 9.64 Å². The Hall–Kier alpha value is -3.39. The average Bonchev–Trinajstić information content (AvgIpc) is 2.79. The van der Waals surface area contributed by atoms with E-state index in [0.29, 0.717) is 43.3 Å². The number of amidine groups is 1. The van der Waals surface area contributed by atoms with Gasteiger partial charge < -0.3 is 19.7 Å². The average molecular weight is 445 g/mol. The van der Waals surface area contributed by atoms with Crippen molar-refractivity contribution < 1.29 is 18.7 Å². The number of hydrogen-bond acceptors (Lipinski definition) is 5. The smallest absolute Gasteiger partial charge is 0.230 e. The van der Waals surface area contributed by atoms with Crippen LogP contribution in [0.25, 0.3) is 0 Å². The van der Waals surface area contributed by atoms with Crippen molar-refractivity contribution in [3.05, 3.63) is 83.0 Å². The molecule has 0 atom stereocenters. The first-order chi connectivity index (χ1) is 15.0. The van der Waals surface area contributed by atoms with Gasteiger partial charge in [0.25, 0.3) is 0 Å². The van der Waals surface area contributed by atoms with E-state index < -0.39 is 5.82 Å². The molecule has 1 aromatic heterocycles. The molecule has 0 radical (unpaired) electrons. The number of aromatic nitrogens is 1. The lowest BCUT2D eigenvalue weighted by molar-refractivity contribution is 0.295. The number of hydrogen-bond donors (Lipinski definition) is 1. The van der Waals surface area contributed by atoms with Gasteiger partial charge in [-0.15, -0.1) is 0 Å². The monoisotopic (exact) mass is 444 g/mol. The van der Waals surface area contributed by atoms with Gasteiger partial charge in [0.1, 0.15) is 17.4 Å². The van der Waals surface area contributed by atoms with E-state index in [1.165, 1.54) is 30.3 Å². The Kier molecular flexibility index (Phi) is 6.18. The fraction of sp³-hybridized carbons (Fsp3) is 0.182. The molecule has 3 aromatic rings. The number of rotatable bonds is 4. The highest BCUT2D eigenvalue weighted by Gasteiger charge is 2.24. The predicted molar refractivity (Wildman–Crippen MR) is 114 cm³/mol. The zero-order valence-corrected chi connectivity index (χ0v) is 17.1. The van der Waals surface area contributed by atoms with Gasteiger partial charge in [-0.1, -0.05) is 16.8 Å². The molecule has 0 spiro atoms. The zero-order valence-electron chi connectivity index (χ0n) is 16.4. The van der Waals surface area contributed by atoms with Gasteiger partial charge in [0, 0.05) is 44.1 Å². The van der Waals surface area contributed by atoms with E-state index in [9.17, 15) is 14.0 Å². The van der Waals surface area contributed by atoms with Crippen molar-refractivity contribution in [3.63, 3.8) is 0 Å². The highest BCUT2D eigenvalue weighted by atomic mass is 35.5. The molecule has 0 unspecified atom stereocenters. The molecule has 0 aliphatic carbocycles. The number of anilines is 1. The lowest BCUT2D eigenvalue weighted by atomic mass is 10.2. The molecule has 1 N–H and O–H groups in total. The van der Waals surface area contributed by atoms with Crippen LogP contribution in [0.3, 0.4) is 0 Å². The summed E-state index contributed by atoms with van der Waals surface area (Å²) < 4.78 is 32.4. The molecule has 0 amide bonds. The van der Waals surface area contributed by atoms with Crippen molar-refractivity contribution in [2.75, 3.05) is 31.1 Å². The standard InChI is InChI=1S/C22H19ClF2N4O2/c23-19-14-17(7-8-20(19)25)31-22-18(2-1-9-26-22)21(27-30)29-12-10-28(11-13-29)16-5-3-15(24)4-6-16/h1-9,14,30H,10-13H2/b27-21-. The van der Waals surface area contributed by atoms with Crippen LogP contribution in [0, 0.1) is 11.6 Å². The fourth-order valence-electron chi connectivity index (χ4n) is 3.41. The van der Waals surface area contributed by atoms with Gasteiger partial charge in [0.2, 0.25) is 5.88 Å². The number of piperazine rings is 1. The minimum Gasteiger partial charge on any atom is -0.438 e. The number of halogens is 3. The molecular weight excluding hydrogens is 426 g/mol. The number of oxime groups is 1. The summed E-state index contributed by atoms with van der Waals surface area (Å²) in [6, 6.07) is 13.8. The highest BCUT2D eigenvalue weighted by molar-refractivity contribution is 6.30. The minimum atomic E-state index is -0.549.